The third kappa shape index (κ3) is 7.04. The fourth-order valence-electron chi connectivity index (χ4n) is 1.96. The van der Waals surface area contributed by atoms with Gasteiger partial charge in [0.25, 0.3) is 5.91 Å². The van der Waals surface area contributed by atoms with Gasteiger partial charge in [-0.25, -0.2) is 0 Å². The van der Waals surface area contributed by atoms with Gasteiger partial charge in [0.15, 0.2) is 0 Å². The van der Waals surface area contributed by atoms with Crippen molar-refractivity contribution >= 4 is 29.5 Å². The number of aryl methyl sites for hydroxylation is 1. The van der Waals surface area contributed by atoms with E-state index in [1.807, 2.05) is 25.3 Å². The third-order valence-corrected chi connectivity index (χ3v) is 4.05. The molecule has 0 spiro atoms. The van der Waals surface area contributed by atoms with Crippen molar-refractivity contribution in [1.29, 1.82) is 0 Å². The van der Waals surface area contributed by atoms with Crippen LogP contribution in [-0.4, -0.2) is 49.5 Å². The molecule has 0 saturated carbocycles. The Kier molecular flexibility index (Phi) is 8.93. The minimum atomic E-state index is -0.635. The van der Waals surface area contributed by atoms with Gasteiger partial charge in [-0.3, -0.25) is 14.4 Å². The second kappa shape index (κ2) is 10.7. The van der Waals surface area contributed by atoms with Gasteiger partial charge < -0.3 is 15.4 Å². The Bertz CT molecular complexity index is 560. The van der Waals surface area contributed by atoms with E-state index in [4.69, 9.17) is 0 Å². The number of carbonyl (C=O) groups excluding carboxylic acids is 3. The number of carbonyl (C=O) groups is 3. The van der Waals surface area contributed by atoms with Crippen LogP contribution < -0.4 is 10.6 Å². The van der Waals surface area contributed by atoms with Crippen LogP contribution >= 0.6 is 11.8 Å². The number of thioether (sulfide) groups is 1. The molecule has 0 aliphatic heterocycles. The predicted molar refractivity (Wildman–Crippen MR) is 95.1 cm³/mol. The first-order valence-corrected chi connectivity index (χ1v) is 9.08. The molecular formula is C17H24N2O4S. The highest BCUT2D eigenvalue weighted by Crippen LogP contribution is 2.06. The summed E-state index contributed by atoms with van der Waals surface area (Å²) in [5.74, 6) is -0.235. The number of hydrogen-bond donors (Lipinski definition) is 2. The largest absolute Gasteiger partial charge is 0.469 e. The SMILES string of the molecule is COC(=O)CCNC(=O)C(CCSC)NC(=O)c1ccc(C)cc1. The summed E-state index contributed by atoms with van der Waals surface area (Å²) < 4.78 is 4.53. The quantitative estimate of drug-likeness (QED) is 0.659. The lowest BCUT2D eigenvalue weighted by Crippen LogP contribution is -2.47. The van der Waals surface area contributed by atoms with Crippen LogP contribution in [0.15, 0.2) is 24.3 Å². The number of esters is 1. The van der Waals surface area contributed by atoms with E-state index in [9.17, 15) is 14.4 Å². The van der Waals surface area contributed by atoms with Crippen molar-refractivity contribution in [2.24, 2.45) is 0 Å². The van der Waals surface area contributed by atoms with E-state index >= 15 is 0 Å². The van der Waals surface area contributed by atoms with Crippen LogP contribution in [0.1, 0.15) is 28.8 Å². The lowest BCUT2D eigenvalue weighted by molar-refractivity contribution is -0.140. The normalized spacial score (nSPS) is 11.5. The van der Waals surface area contributed by atoms with Crippen molar-refractivity contribution in [3.63, 3.8) is 0 Å². The van der Waals surface area contributed by atoms with E-state index in [-0.39, 0.29) is 30.7 Å². The zero-order chi connectivity index (χ0) is 17.9. The van der Waals surface area contributed by atoms with Crippen molar-refractivity contribution in [2.75, 3.05) is 25.7 Å². The molecule has 132 valence electrons. The maximum absolute atomic E-state index is 12.3. The summed E-state index contributed by atoms with van der Waals surface area (Å²) in [6.07, 6.45) is 2.56. The van der Waals surface area contributed by atoms with Gasteiger partial charge in [-0.2, -0.15) is 11.8 Å². The van der Waals surface area contributed by atoms with Crippen LogP contribution in [0.4, 0.5) is 0 Å². The molecular weight excluding hydrogens is 328 g/mol. The van der Waals surface area contributed by atoms with Crippen molar-refractivity contribution in [3.8, 4) is 0 Å². The zero-order valence-corrected chi connectivity index (χ0v) is 15.1. The number of ether oxygens (including phenoxy) is 1. The Morgan fingerprint density at radius 2 is 1.88 bits per heavy atom. The van der Waals surface area contributed by atoms with Gasteiger partial charge in [-0.15, -0.1) is 0 Å². The van der Waals surface area contributed by atoms with E-state index < -0.39 is 6.04 Å². The van der Waals surface area contributed by atoms with Gasteiger partial charge in [0, 0.05) is 12.1 Å². The number of nitrogens with one attached hydrogen (secondary N) is 2. The Morgan fingerprint density at radius 3 is 2.46 bits per heavy atom. The number of hydrogen-bond acceptors (Lipinski definition) is 5. The second-order valence-electron chi connectivity index (χ2n) is 5.29. The van der Waals surface area contributed by atoms with Crippen LogP contribution in [0.5, 0.6) is 0 Å². The van der Waals surface area contributed by atoms with E-state index in [0.717, 1.165) is 11.3 Å². The van der Waals surface area contributed by atoms with Gasteiger partial charge in [0.2, 0.25) is 5.91 Å². The van der Waals surface area contributed by atoms with Crippen molar-refractivity contribution in [1.82, 2.24) is 10.6 Å². The lowest BCUT2D eigenvalue weighted by Gasteiger charge is -2.18. The molecule has 1 aromatic rings. The molecule has 0 aromatic heterocycles. The van der Waals surface area contributed by atoms with E-state index in [0.29, 0.717) is 12.0 Å². The van der Waals surface area contributed by atoms with Crippen molar-refractivity contribution in [2.45, 2.75) is 25.8 Å². The zero-order valence-electron chi connectivity index (χ0n) is 14.3. The Hall–Kier alpha value is -2.02. The van der Waals surface area contributed by atoms with Crippen LogP contribution in [-0.2, 0) is 14.3 Å². The lowest BCUT2D eigenvalue weighted by atomic mass is 10.1. The topological polar surface area (TPSA) is 84.5 Å². The highest BCUT2D eigenvalue weighted by atomic mass is 32.2. The molecule has 24 heavy (non-hydrogen) atoms. The van der Waals surface area contributed by atoms with Crippen LogP contribution in [0.3, 0.4) is 0 Å². The van der Waals surface area contributed by atoms with Crippen molar-refractivity contribution in [3.05, 3.63) is 35.4 Å². The fraction of sp³-hybridized carbons (Fsp3) is 0.471. The molecule has 1 atom stereocenters. The molecule has 0 bridgehead atoms. The van der Waals surface area contributed by atoms with Crippen molar-refractivity contribution < 1.29 is 19.1 Å². The summed E-state index contributed by atoms with van der Waals surface area (Å²) in [5.41, 5.74) is 1.57. The maximum atomic E-state index is 12.3. The molecule has 1 rings (SSSR count). The first-order chi connectivity index (χ1) is 11.5. The number of methoxy groups -OCH3 is 1. The molecule has 7 heteroatoms. The number of amides is 2. The third-order valence-electron chi connectivity index (χ3n) is 3.40. The molecule has 0 heterocycles. The minimum Gasteiger partial charge on any atom is -0.469 e. The van der Waals surface area contributed by atoms with Gasteiger partial charge in [0.1, 0.15) is 6.04 Å². The van der Waals surface area contributed by atoms with E-state index in [2.05, 4.69) is 15.4 Å². The van der Waals surface area contributed by atoms with Gasteiger partial charge in [0.05, 0.1) is 13.5 Å². The molecule has 0 fully saturated rings. The second-order valence-corrected chi connectivity index (χ2v) is 6.28. The molecule has 1 aromatic carbocycles. The van der Waals surface area contributed by atoms with E-state index in [1.165, 1.54) is 7.11 Å². The highest BCUT2D eigenvalue weighted by molar-refractivity contribution is 7.98. The van der Waals surface area contributed by atoms with Crippen LogP contribution in [0.25, 0.3) is 0 Å². The average Bonchev–Trinajstić information content (AvgIpc) is 2.58. The van der Waals surface area contributed by atoms with Crippen LogP contribution in [0.2, 0.25) is 0 Å². The van der Waals surface area contributed by atoms with Gasteiger partial charge in [-0.05, 0) is 37.5 Å². The average molecular weight is 352 g/mol. The van der Waals surface area contributed by atoms with Gasteiger partial charge >= 0.3 is 5.97 Å². The summed E-state index contributed by atoms with van der Waals surface area (Å²) >= 11 is 1.60. The molecule has 2 amide bonds. The standard InChI is InChI=1S/C17H24N2O4S/c1-12-4-6-13(7-5-12)16(21)19-14(9-11-24-3)17(22)18-10-8-15(20)23-2/h4-7,14H,8-11H2,1-3H3,(H,18,22)(H,19,21). The molecule has 0 radical (unpaired) electrons. The first-order valence-electron chi connectivity index (χ1n) is 7.69. The molecule has 0 aliphatic carbocycles. The van der Waals surface area contributed by atoms with E-state index in [1.54, 1.807) is 23.9 Å². The first kappa shape index (κ1) is 20.0. The minimum absolute atomic E-state index is 0.101. The Balaban J connectivity index is 2.62. The number of rotatable bonds is 9. The highest BCUT2D eigenvalue weighted by Gasteiger charge is 2.21. The molecule has 0 aliphatic rings. The molecule has 0 saturated heterocycles. The van der Waals surface area contributed by atoms with Crippen LogP contribution in [0, 0.1) is 6.92 Å². The molecule has 6 nitrogen and oxygen atoms in total. The summed E-state index contributed by atoms with van der Waals surface area (Å²) in [4.78, 5) is 35.6. The summed E-state index contributed by atoms with van der Waals surface area (Å²) in [6.45, 7) is 2.12. The summed E-state index contributed by atoms with van der Waals surface area (Å²) in [6, 6.07) is 6.52. The smallest absolute Gasteiger partial charge is 0.307 e. The Morgan fingerprint density at radius 1 is 1.21 bits per heavy atom. The van der Waals surface area contributed by atoms with Gasteiger partial charge in [-0.1, -0.05) is 17.7 Å². The fourth-order valence-corrected chi connectivity index (χ4v) is 2.44. The molecule has 1 unspecified atom stereocenters. The maximum Gasteiger partial charge on any atom is 0.307 e. The monoisotopic (exact) mass is 352 g/mol. The number of benzene rings is 1. The Labute approximate surface area is 146 Å². The summed E-state index contributed by atoms with van der Waals surface area (Å²) in [5, 5.41) is 5.42. The predicted octanol–water partition coefficient (Wildman–Crippen LogP) is 1.53. The molecule has 2 N–H and O–H groups in total. The summed E-state index contributed by atoms with van der Waals surface area (Å²) in [7, 11) is 1.30.